The van der Waals surface area contributed by atoms with Crippen LogP contribution in [-0.4, -0.2) is 51.2 Å². The van der Waals surface area contributed by atoms with Crippen LogP contribution in [0.2, 0.25) is 0 Å². The standard InChI is InChI=1S/C46H55FN6O2/c1-3-4-5-6-7-8-9-10-11-12-13-14-15-16-17-18-19-20-21-26-43(54)53-44(55)31-34-48-45(53)50(2)40-32-35-51(36-33-40)46-49-41-24-22-23-25-42(41)52(46)37-38-27-29-39(47)30-28-38/h4-5,7-8,10-11,13-14,16-17,19-20,22-25,27-31,34,40H,3,6,9,12,15,18,21,26,32-33,35-37H2,1-2H3/b5-4-,8-7-,11-10-,14-13-,17-16-,20-19-. The number of aromatic nitrogens is 4. The maximum Gasteiger partial charge on any atom is 0.261 e. The molecule has 288 valence electrons. The number of allylic oxidation sites excluding steroid dienone is 12. The van der Waals surface area contributed by atoms with Gasteiger partial charge in [0.05, 0.1) is 17.6 Å². The maximum absolute atomic E-state index is 13.6. The van der Waals surface area contributed by atoms with Gasteiger partial charge in [-0.15, -0.1) is 0 Å². The lowest BCUT2D eigenvalue weighted by Crippen LogP contribution is -2.46. The fourth-order valence-corrected chi connectivity index (χ4v) is 6.69. The molecule has 5 rings (SSSR count). The molecule has 0 atom stereocenters. The third-order valence-electron chi connectivity index (χ3n) is 9.70. The van der Waals surface area contributed by atoms with E-state index in [9.17, 15) is 14.0 Å². The van der Waals surface area contributed by atoms with Gasteiger partial charge < -0.3 is 14.4 Å². The Morgan fingerprint density at radius 1 is 0.800 bits per heavy atom. The molecule has 1 aliphatic rings. The van der Waals surface area contributed by atoms with Crippen molar-refractivity contribution >= 4 is 28.8 Å². The number of imidazole rings is 1. The van der Waals surface area contributed by atoms with E-state index in [-0.39, 0.29) is 29.7 Å². The summed E-state index contributed by atoms with van der Waals surface area (Å²) in [5.74, 6) is 0.746. The summed E-state index contributed by atoms with van der Waals surface area (Å²) in [6.45, 7) is 4.22. The average molecular weight is 743 g/mol. The molecule has 1 aliphatic heterocycles. The number of nitrogens with zero attached hydrogens (tertiary/aromatic N) is 6. The van der Waals surface area contributed by atoms with Crippen molar-refractivity contribution in [1.29, 1.82) is 0 Å². The van der Waals surface area contributed by atoms with Crippen molar-refractivity contribution in [2.45, 2.75) is 83.7 Å². The van der Waals surface area contributed by atoms with Gasteiger partial charge in [-0.2, -0.15) is 0 Å². The molecule has 0 unspecified atom stereocenters. The van der Waals surface area contributed by atoms with Crippen molar-refractivity contribution in [3.8, 4) is 0 Å². The van der Waals surface area contributed by atoms with Gasteiger partial charge in [-0.05, 0) is 87.6 Å². The van der Waals surface area contributed by atoms with Crippen LogP contribution < -0.4 is 15.4 Å². The lowest BCUT2D eigenvalue weighted by atomic mass is 10.0. The van der Waals surface area contributed by atoms with E-state index in [4.69, 9.17) is 4.98 Å². The molecule has 4 aromatic rings. The van der Waals surface area contributed by atoms with Crippen LogP contribution in [0.3, 0.4) is 0 Å². The molecule has 3 heterocycles. The van der Waals surface area contributed by atoms with E-state index in [1.54, 1.807) is 0 Å². The summed E-state index contributed by atoms with van der Waals surface area (Å²) in [5, 5.41) is 0. The minimum absolute atomic E-state index is 0.0860. The van der Waals surface area contributed by atoms with Crippen LogP contribution in [0.15, 0.2) is 139 Å². The van der Waals surface area contributed by atoms with E-state index in [0.717, 1.165) is 87.0 Å². The molecule has 2 aromatic carbocycles. The summed E-state index contributed by atoms with van der Waals surface area (Å²) in [5.41, 5.74) is 2.58. The highest BCUT2D eigenvalue weighted by Gasteiger charge is 2.28. The van der Waals surface area contributed by atoms with E-state index in [1.807, 2.05) is 48.4 Å². The van der Waals surface area contributed by atoms with Gasteiger partial charge in [0.2, 0.25) is 17.8 Å². The fraction of sp³-hybridized carbons (Fsp3) is 0.348. The Kier molecular flexibility index (Phi) is 16.2. The quantitative estimate of drug-likeness (QED) is 0.0891. The van der Waals surface area contributed by atoms with E-state index >= 15 is 0 Å². The molecular weight excluding hydrogens is 688 g/mol. The van der Waals surface area contributed by atoms with Crippen LogP contribution in [0.5, 0.6) is 0 Å². The lowest BCUT2D eigenvalue weighted by molar-refractivity contribution is 0.0899. The summed E-state index contributed by atoms with van der Waals surface area (Å²) in [7, 11) is 1.92. The number of carbonyl (C=O) groups excluding carboxylic acids is 1. The first kappa shape index (κ1) is 40.6. The zero-order chi connectivity index (χ0) is 38.7. The van der Waals surface area contributed by atoms with Gasteiger partial charge in [-0.3, -0.25) is 9.59 Å². The number of rotatable bonds is 19. The molecule has 1 saturated heterocycles. The Labute approximate surface area is 325 Å². The first-order valence-corrected chi connectivity index (χ1v) is 19.6. The van der Waals surface area contributed by atoms with Gasteiger partial charge in [0.25, 0.3) is 5.56 Å². The third kappa shape index (κ3) is 12.2. The minimum atomic E-state index is -0.364. The predicted octanol–water partition coefficient (Wildman–Crippen LogP) is 10.0. The van der Waals surface area contributed by atoms with E-state index < -0.39 is 0 Å². The number of benzene rings is 2. The Morgan fingerprint density at radius 3 is 2.00 bits per heavy atom. The molecule has 0 amide bonds. The van der Waals surface area contributed by atoms with Crippen LogP contribution >= 0.6 is 0 Å². The summed E-state index contributed by atoms with van der Waals surface area (Å²) in [6, 6.07) is 16.1. The zero-order valence-electron chi connectivity index (χ0n) is 32.3. The summed E-state index contributed by atoms with van der Waals surface area (Å²) < 4.78 is 17.0. The largest absolute Gasteiger partial charge is 0.342 e. The van der Waals surface area contributed by atoms with Crippen molar-refractivity contribution in [3.05, 3.63) is 155 Å². The Bertz CT molecular complexity index is 2040. The molecule has 1 fully saturated rings. The number of hydrogen-bond acceptors (Lipinski definition) is 6. The zero-order valence-corrected chi connectivity index (χ0v) is 32.3. The SMILES string of the molecule is CC/C=C\C/C=C\C/C=C\C/C=C\C/C=C\C/C=C\CCC(=O)n1c(N(C)C2CCN(c3nc4ccccc4n3Cc3ccc(F)cc3)CC2)nccc1=O. The topological polar surface area (TPSA) is 76.3 Å². The number of piperidine rings is 1. The Morgan fingerprint density at radius 2 is 1.38 bits per heavy atom. The fourth-order valence-electron chi connectivity index (χ4n) is 6.69. The molecule has 0 radical (unpaired) electrons. The van der Waals surface area contributed by atoms with Gasteiger partial charge in [-0.1, -0.05) is 104 Å². The normalized spacial score (nSPS) is 14.4. The van der Waals surface area contributed by atoms with Gasteiger partial charge in [0, 0.05) is 44.9 Å². The lowest BCUT2D eigenvalue weighted by Gasteiger charge is -2.38. The van der Waals surface area contributed by atoms with Crippen molar-refractivity contribution in [1.82, 2.24) is 19.1 Å². The van der Waals surface area contributed by atoms with Crippen molar-refractivity contribution in [3.63, 3.8) is 0 Å². The summed E-state index contributed by atoms with van der Waals surface area (Å²) in [4.78, 5) is 40.1. The monoisotopic (exact) mass is 742 g/mol. The number of halogens is 1. The molecule has 8 nitrogen and oxygen atoms in total. The number of fused-ring (bicyclic) bond motifs is 1. The van der Waals surface area contributed by atoms with Crippen LogP contribution in [-0.2, 0) is 6.54 Å². The van der Waals surface area contributed by atoms with Gasteiger partial charge >= 0.3 is 0 Å². The molecule has 0 N–H and O–H groups in total. The van der Waals surface area contributed by atoms with Gasteiger partial charge in [0.1, 0.15) is 5.82 Å². The Balaban J connectivity index is 1.08. The first-order chi connectivity index (χ1) is 27.0. The smallest absolute Gasteiger partial charge is 0.261 e. The second-order valence-corrected chi connectivity index (χ2v) is 13.7. The highest BCUT2D eigenvalue weighted by Crippen LogP contribution is 2.28. The molecular formula is C46H55FN6O2. The summed E-state index contributed by atoms with van der Waals surface area (Å²) in [6.07, 6.45) is 35.4. The third-order valence-corrected chi connectivity index (χ3v) is 9.70. The summed E-state index contributed by atoms with van der Waals surface area (Å²) >= 11 is 0. The van der Waals surface area contributed by atoms with Gasteiger partial charge in [0.15, 0.2) is 0 Å². The molecule has 0 spiro atoms. The average Bonchev–Trinajstić information content (AvgIpc) is 3.57. The molecule has 0 aliphatic carbocycles. The van der Waals surface area contributed by atoms with Crippen molar-refractivity contribution < 1.29 is 9.18 Å². The minimum Gasteiger partial charge on any atom is -0.342 e. The van der Waals surface area contributed by atoms with Gasteiger partial charge in [-0.25, -0.2) is 18.9 Å². The van der Waals surface area contributed by atoms with Crippen molar-refractivity contribution in [2.24, 2.45) is 0 Å². The number of anilines is 2. The molecule has 2 aromatic heterocycles. The highest BCUT2D eigenvalue weighted by atomic mass is 19.1. The number of hydrogen-bond donors (Lipinski definition) is 0. The predicted molar refractivity (Wildman–Crippen MR) is 225 cm³/mol. The van der Waals surface area contributed by atoms with E-state index in [1.165, 1.54) is 29.0 Å². The number of para-hydroxylation sites is 2. The molecule has 55 heavy (non-hydrogen) atoms. The molecule has 9 heteroatoms. The Hall–Kier alpha value is -5.57. The first-order valence-electron chi connectivity index (χ1n) is 19.6. The van der Waals surface area contributed by atoms with E-state index in [0.29, 0.717) is 18.9 Å². The highest BCUT2D eigenvalue weighted by molar-refractivity contribution is 5.82. The second kappa shape index (κ2) is 22.0. The van der Waals surface area contributed by atoms with Crippen LogP contribution in [0.4, 0.5) is 16.3 Å². The van der Waals surface area contributed by atoms with Crippen LogP contribution in [0.25, 0.3) is 11.0 Å². The van der Waals surface area contributed by atoms with Crippen LogP contribution in [0.1, 0.15) is 81.5 Å². The molecule has 0 bridgehead atoms. The van der Waals surface area contributed by atoms with Crippen LogP contribution in [0, 0.1) is 5.82 Å². The van der Waals surface area contributed by atoms with Crippen molar-refractivity contribution in [2.75, 3.05) is 29.9 Å². The maximum atomic E-state index is 13.6. The number of carbonyl (C=O) groups is 1. The molecule has 0 saturated carbocycles. The van der Waals surface area contributed by atoms with E-state index in [2.05, 4.69) is 94.3 Å². The second-order valence-electron chi connectivity index (χ2n) is 13.7.